The van der Waals surface area contributed by atoms with Crippen LogP contribution in [0, 0.1) is 0 Å². The average molecular weight is 849 g/mol. The molecule has 0 amide bonds. The van der Waals surface area contributed by atoms with Crippen molar-refractivity contribution in [1.82, 2.24) is 10.3 Å². The Morgan fingerprint density at radius 2 is 1.25 bits per heavy atom. The molecule has 3 aromatic heterocycles. The lowest BCUT2D eigenvalue weighted by molar-refractivity contribution is 0.475. The van der Waals surface area contributed by atoms with Gasteiger partial charge in [-0.05, 0) is 130 Å². The summed E-state index contributed by atoms with van der Waals surface area (Å²) in [5, 5.41) is 16.8. The smallest absolute Gasteiger partial charge is 0.0640 e. The van der Waals surface area contributed by atoms with Crippen molar-refractivity contribution in [1.29, 1.82) is 0 Å². The number of nitrogens with zero attached hydrogens (tertiary/aromatic N) is 3. The minimum absolute atomic E-state index is 0.0142. The van der Waals surface area contributed by atoms with Crippen LogP contribution in [0.5, 0.6) is 0 Å². The van der Waals surface area contributed by atoms with E-state index in [4.69, 9.17) is 0 Å². The Morgan fingerprint density at radius 1 is 0.603 bits per heavy atom. The molecule has 4 heterocycles. The number of aryl methyl sites for hydroxylation is 2. The number of aromatic nitrogens is 1. The third-order valence-corrected chi connectivity index (χ3v) is 16.4. The first-order valence-electron chi connectivity index (χ1n) is 22.2. The highest BCUT2D eigenvalue weighted by molar-refractivity contribution is 7.26. The van der Waals surface area contributed by atoms with Crippen LogP contribution < -0.4 is 15.1 Å². The van der Waals surface area contributed by atoms with Crippen LogP contribution in [0.1, 0.15) is 43.9 Å². The summed E-state index contributed by atoms with van der Waals surface area (Å²) >= 11 is 3.79. The van der Waals surface area contributed by atoms with E-state index in [1.807, 2.05) is 35.1 Å². The van der Waals surface area contributed by atoms with Crippen LogP contribution in [0.15, 0.2) is 164 Å². The summed E-state index contributed by atoms with van der Waals surface area (Å²) in [7, 11) is 0. The lowest BCUT2D eigenvalue weighted by Crippen LogP contribution is -2.24. The zero-order chi connectivity index (χ0) is 42.0. The Labute approximate surface area is 374 Å². The first kappa shape index (κ1) is 36.9. The molecular formula is C57H44N4S2. The Balaban J connectivity index is 1.17. The van der Waals surface area contributed by atoms with E-state index in [0.29, 0.717) is 0 Å². The molecule has 0 spiro atoms. The third kappa shape index (κ3) is 5.41. The van der Waals surface area contributed by atoms with Crippen molar-refractivity contribution in [2.45, 2.75) is 45.4 Å². The van der Waals surface area contributed by atoms with Gasteiger partial charge in [0.25, 0.3) is 0 Å². The summed E-state index contributed by atoms with van der Waals surface area (Å²) in [6, 6.07) is 48.3. The quantitative estimate of drug-likeness (QED) is 0.162. The topological polar surface area (TPSA) is 31.4 Å². The van der Waals surface area contributed by atoms with Gasteiger partial charge in [-0.3, -0.25) is 4.98 Å². The lowest BCUT2D eigenvalue weighted by Gasteiger charge is -2.37. The van der Waals surface area contributed by atoms with E-state index in [9.17, 15) is 0 Å². The predicted molar refractivity (Wildman–Crippen MR) is 273 cm³/mol. The van der Waals surface area contributed by atoms with Crippen LogP contribution in [0.25, 0.3) is 72.7 Å². The van der Waals surface area contributed by atoms with E-state index in [1.54, 1.807) is 0 Å². The minimum atomic E-state index is -0.0142. The normalized spacial score (nSPS) is 14.7. The maximum Gasteiger partial charge on any atom is 0.0640 e. The lowest BCUT2D eigenvalue weighted by atomic mass is 9.70. The van der Waals surface area contributed by atoms with Crippen molar-refractivity contribution < 1.29 is 0 Å². The van der Waals surface area contributed by atoms with Crippen molar-refractivity contribution in [2.75, 3.05) is 16.3 Å². The largest absolute Gasteiger partial charge is 0.387 e. The molecule has 1 N–H and O–H groups in total. The van der Waals surface area contributed by atoms with Gasteiger partial charge >= 0.3 is 0 Å². The van der Waals surface area contributed by atoms with Gasteiger partial charge in [-0.1, -0.05) is 93.6 Å². The third-order valence-electron chi connectivity index (χ3n) is 14.0. The van der Waals surface area contributed by atoms with Gasteiger partial charge in [-0.15, -0.1) is 22.7 Å². The molecule has 63 heavy (non-hydrogen) atoms. The van der Waals surface area contributed by atoms with Gasteiger partial charge in [0, 0.05) is 77.4 Å². The monoisotopic (exact) mass is 848 g/mol. The molecule has 0 bridgehead atoms. The highest BCUT2D eigenvalue weighted by atomic mass is 32.1. The number of hydrogen-bond donors (Lipinski definition) is 1. The Kier molecular flexibility index (Phi) is 8.13. The molecule has 1 aliphatic carbocycles. The summed E-state index contributed by atoms with van der Waals surface area (Å²) in [5.41, 5.74) is 11.4. The molecule has 0 fully saturated rings. The van der Waals surface area contributed by atoms with Crippen LogP contribution in [-0.2, 0) is 18.3 Å². The minimum Gasteiger partial charge on any atom is -0.387 e. The van der Waals surface area contributed by atoms with E-state index >= 15 is 0 Å². The maximum atomic E-state index is 4.51. The number of hydrogen-bond acceptors (Lipinski definition) is 6. The van der Waals surface area contributed by atoms with Crippen molar-refractivity contribution in [3.63, 3.8) is 0 Å². The molecule has 13 rings (SSSR count). The molecule has 304 valence electrons. The van der Waals surface area contributed by atoms with Crippen molar-refractivity contribution in [3.05, 3.63) is 181 Å². The zero-order valence-electron chi connectivity index (χ0n) is 35.5. The number of pyridine rings is 1. The fourth-order valence-electron chi connectivity index (χ4n) is 10.9. The van der Waals surface area contributed by atoms with Crippen LogP contribution in [0.2, 0.25) is 0 Å². The molecule has 4 nitrogen and oxygen atoms in total. The molecule has 0 saturated carbocycles. The number of benzene rings is 8. The second-order valence-corrected chi connectivity index (χ2v) is 20.0. The fourth-order valence-corrected chi connectivity index (χ4v) is 13.3. The molecule has 0 unspecified atom stereocenters. The van der Waals surface area contributed by atoms with Crippen LogP contribution in [0.3, 0.4) is 0 Å². The van der Waals surface area contributed by atoms with Gasteiger partial charge in [0.2, 0.25) is 0 Å². The summed E-state index contributed by atoms with van der Waals surface area (Å²) in [6.07, 6.45) is 13.6. The second kappa shape index (κ2) is 13.9. The number of thiophene rings is 2. The Hall–Kier alpha value is -6.73. The summed E-state index contributed by atoms with van der Waals surface area (Å²) < 4.78 is 5.23. The standard InChI is InChI=1S/C57H44N4S2/c1-4-34-31-49(61(37-24-29-59-30-25-37)47-16-10-14-42-40-12-6-8-18-51(40)63-56(42)47)44-33-45-52-35(21-26-57(45,2)3)32-48(43-20-19-38(34)53(44)54(43)52)60(36-22-27-58-28-23-36)46-15-9-13-41-39-11-5-7-17-50(39)62-55(41)46/h5-20,22-25,27-29,31-33,59H,4,21,26,30H2,1-3H3. The van der Waals surface area contributed by atoms with Gasteiger partial charge in [-0.25, -0.2) is 0 Å². The molecule has 11 aromatic rings. The van der Waals surface area contributed by atoms with Gasteiger partial charge in [0.05, 0.1) is 32.1 Å². The fraction of sp³-hybridized carbons (Fsp3) is 0.140. The second-order valence-electron chi connectivity index (χ2n) is 17.9. The zero-order valence-corrected chi connectivity index (χ0v) is 37.1. The van der Waals surface area contributed by atoms with E-state index in [-0.39, 0.29) is 5.41 Å². The molecular weight excluding hydrogens is 805 g/mol. The number of dihydropyridines is 1. The molecule has 1 aliphatic heterocycles. The Morgan fingerprint density at radius 3 is 1.94 bits per heavy atom. The summed E-state index contributed by atoms with van der Waals surface area (Å²) in [6.45, 7) is 8.03. The maximum absolute atomic E-state index is 4.51. The predicted octanol–water partition coefficient (Wildman–Crippen LogP) is 16.1. The number of nitrogens with one attached hydrogen (secondary N) is 1. The molecule has 0 saturated heterocycles. The first-order valence-corrected chi connectivity index (χ1v) is 23.8. The average Bonchev–Trinajstić information content (AvgIpc) is 3.91. The van der Waals surface area contributed by atoms with Gasteiger partial charge < -0.3 is 15.1 Å². The van der Waals surface area contributed by atoms with Gasteiger partial charge in [0.15, 0.2) is 0 Å². The number of fused-ring (bicyclic) bond motifs is 6. The Bertz CT molecular complexity index is 3720. The molecule has 0 atom stereocenters. The van der Waals surface area contributed by atoms with Crippen molar-refractivity contribution >= 4 is 124 Å². The van der Waals surface area contributed by atoms with E-state index in [2.05, 4.69) is 187 Å². The van der Waals surface area contributed by atoms with Crippen LogP contribution >= 0.6 is 22.7 Å². The molecule has 0 radical (unpaired) electrons. The first-order chi connectivity index (χ1) is 31.0. The summed E-state index contributed by atoms with van der Waals surface area (Å²) in [5.74, 6) is 0. The molecule has 8 aromatic carbocycles. The van der Waals surface area contributed by atoms with Gasteiger partial charge in [0.1, 0.15) is 0 Å². The number of anilines is 5. The molecule has 2 aliphatic rings. The highest BCUT2D eigenvalue weighted by Gasteiger charge is 2.34. The highest BCUT2D eigenvalue weighted by Crippen LogP contribution is 2.55. The number of allylic oxidation sites excluding steroid dienone is 1. The number of rotatable bonds is 7. The van der Waals surface area contributed by atoms with Crippen molar-refractivity contribution in [3.8, 4) is 0 Å². The van der Waals surface area contributed by atoms with Gasteiger partial charge in [-0.2, -0.15) is 0 Å². The van der Waals surface area contributed by atoms with E-state index in [1.165, 1.54) is 118 Å². The SMILES string of the molecule is CCc1cc(N(C2=CCNC=C2)c2cccc3c2sc2ccccc23)c2cc3c4c(cc(N(c5ccncc5)c5cccc6c5sc5ccccc56)c5ccc1c2c54)CCC3(C)C. The van der Waals surface area contributed by atoms with E-state index < -0.39 is 0 Å². The van der Waals surface area contributed by atoms with Crippen LogP contribution in [-0.4, -0.2) is 11.5 Å². The summed E-state index contributed by atoms with van der Waals surface area (Å²) in [4.78, 5) is 9.62. The molecule has 6 heteroatoms. The van der Waals surface area contributed by atoms with E-state index in [0.717, 1.165) is 31.5 Å². The van der Waals surface area contributed by atoms with Crippen molar-refractivity contribution in [2.24, 2.45) is 0 Å². The van der Waals surface area contributed by atoms with Crippen LogP contribution in [0.4, 0.5) is 28.4 Å².